The molecule has 0 aliphatic heterocycles. The van der Waals surface area contributed by atoms with Crippen molar-refractivity contribution < 1.29 is 17.3 Å². The molecule has 13 heavy (non-hydrogen) atoms. The summed E-state index contributed by atoms with van der Waals surface area (Å²) in [5.41, 5.74) is 2.61. The molecule has 0 N–H and O–H groups in total. The first-order valence-electron chi connectivity index (χ1n) is 3.84. The molecule has 0 nitrogen and oxygen atoms in total. The summed E-state index contributed by atoms with van der Waals surface area (Å²) in [5.74, 6) is 0. The van der Waals surface area contributed by atoms with E-state index in [4.69, 9.17) is 9.69 Å². The van der Waals surface area contributed by atoms with Crippen LogP contribution in [0.1, 0.15) is 11.1 Å². The summed E-state index contributed by atoms with van der Waals surface area (Å²) in [4.78, 5) is 0. The first-order valence-corrected chi connectivity index (χ1v) is 8.61. The number of allylic oxidation sites excluding steroid dienone is 2. The molecular formula is C10H11ClSZn. The second-order valence-electron chi connectivity index (χ2n) is 2.33. The van der Waals surface area contributed by atoms with Gasteiger partial charge in [0.25, 0.3) is 0 Å². The summed E-state index contributed by atoms with van der Waals surface area (Å²) in [6.45, 7) is 7.40. The molecule has 0 amide bonds. The first-order chi connectivity index (χ1) is 6.38. The summed E-state index contributed by atoms with van der Waals surface area (Å²) in [7, 11) is 4.76. The van der Waals surface area contributed by atoms with Crippen LogP contribution in [0.5, 0.6) is 0 Å². The number of thiophene rings is 1. The van der Waals surface area contributed by atoms with Crippen LogP contribution in [-0.2, 0) is 30.2 Å². The molecule has 3 heteroatoms. The van der Waals surface area contributed by atoms with Gasteiger partial charge in [0, 0.05) is 0 Å². The number of rotatable bonds is 4. The number of hydrogen-bond acceptors (Lipinski definition) is 1. The maximum atomic E-state index is 4.76. The summed E-state index contributed by atoms with van der Waals surface area (Å²) in [5, 5.41) is 5.34. The molecule has 0 fully saturated rings. The minimum absolute atomic E-state index is 0.847. The van der Waals surface area contributed by atoms with Crippen molar-refractivity contribution in [3.05, 3.63) is 47.2 Å². The Hall–Kier alpha value is 0.0934. The van der Waals surface area contributed by atoms with Crippen LogP contribution in [0.15, 0.2) is 30.7 Å². The molecule has 1 aromatic heterocycles. The molecule has 0 aliphatic carbocycles. The van der Waals surface area contributed by atoms with E-state index in [1.807, 2.05) is 12.2 Å². The van der Waals surface area contributed by atoms with E-state index in [1.54, 1.807) is 11.3 Å². The fraction of sp³-hybridized carbons (Fsp3) is 0.200. The van der Waals surface area contributed by atoms with Crippen LogP contribution < -0.4 is 0 Å². The molecule has 0 atom stereocenters. The molecule has 1 rings (SSSR count). The van der Waals surface area contributed by atoms with Crippen LogP contribution >= 0.6 is 21.0 Å². The standard InChI is InChI=1S/C10H11S.ClH.Zn/c1-3-5-9-7-11-8-10(9)6-4-2;;/h3-4,7H,1-2,5-6H2;1H;/q-1;;+2/p-1. The van der Waals surface area contributed by atoms with Crippen LogP contribution in [0, 0.1) is 5.38 Å². The van der Waals surface area contributed by atoms with E-state index in [2.05, 4.69) is 23.9 Å². The molecular weight excluding hydrogens is 253 g/mol. The Bertz CT molecular complexity index is 231. The van der Waals surface area contributed by atoms with E-state index < -0.39 is 0 Å². The van der Waals surface area contributed by atoms with Crippen molar-refractivity contribution in [1.82, 2.24) is 0 Å². The quantitative estimate of drug-likeness (QED) is 0.442. The van der Waals surface area contributed by atoms with Crippen molar-refractivity contribution >= 4 is 21.0 Å². The van der Waals surface area contributed by atoms with Crippen LogP contribution in [-0.4, -0.2) is 0 Å². The van der Waals surface area contributed by atoms with Crippen molar-refractivity contribution in [2.75, 3.05) is 0 Å². The average Bonchev–Trinajstić information content (AvgIpc) is 2.58. The minimum atomic E-state index is 0.847. The van der Waals surface area contributed by atoms with Crippen molar-refractivity contribution in [2.24, 2.45) is 0 Å². The van der Waals surface area contributed by atoms with Crippen molar-refractivity contribution in [2.45, 2.75) is 12.8 Å². The summed E-state index contributed by atoms with van der Waals surface area (Å²) < 4.78 is 0. The second-order valence-corrected chi connectivity index (χ2v) is 3.00. The topological polar surface area (TPSA) is 0 Å². The van der Waals surface area contributed by atoms with Crippen molar-refractivity contribution in [3.63, 3.8) is 0 Å². The van der Waals surface area contributed by atoms with E-state index in [-0.39, 0.29) is 0 Å². The summed E-state index contributed by atoms with van der Waals surface area (Å²) in [6.07, 6.45) is 5.70. The van der Waals surface area contributed by atoms with Gasteiger partial charge in [0.1, 0.15) is 0 Å². The Morgan fingerprint density at radius 1 is 1.38 bits per heavy atom. The average molecular weight is 264 g/mol. The zero-order valence-electron chi connectivity index (χ0n) is 7.55. The molecule has 0 spiro atoms. The van der Waals surface area contributed by atoms with E-state index in [0.717, 1.165) is 30.2 Å². The Labute approximate surface area is 98.0 Å². The third-order valence-corrected chi connectivity index (χ3v) is 2.25. The molecule has 0 bridgehead atoms. The zero-order chi connectivity index (χ0) is 10.1. The third kappa shape index (κ3) is 4.76. The number of halogens is 1. The van der Waals surface area contributed by atoms with Crippen molar-refractivity contribution in [1.29, 1.82) is 0 Å². The van der Waals surface area contributed by atoms with E-state index in [0.29, 0.717) is 0 Å². The van der Waals surface area contributed by atoms with Gasteiger partial charge in [-0.3, -0.25) is 0 Å². The van der Waals surface area contributed by atoms with Gasteiger partial charge in [-0.05, 0) is 6.42 Å². The van der Waals surface area contributed by atoms with Gasteiger partial charge in [-0.1, -0.05) is 18.6 Å². The maximum absolute atomic E-state index is 4.76. The third-order valence-electron chi connectivity index (χ3n) is 1.48. The molecule has 66 valence electrons. The van der Waals surface area contributed by atoms with Gasteiger partial charge in [-0.15, -0.1) is 18.5 Å². The molecule has 1 aromatic rings. The van der Waals surface area contributed by atoms with Gasteiger partial charge in [-0.25, -0.2) is 0 Å². The monoisotopic (exact) mass is 262 g/mol. The molecule has 0 saturated heterocycles. The fourth-order valence-corrected chi connectivity index (χ4v) is 1.75. The second kappa shape index (κ2) is 8.68. The first kappa shape index (κ1) is 13.1. The Morgan fingerprint density at radius 2 is 2.00 bits per heavy atom. The predicted molar refractivity (Wildman–Crippen MR) is 56.8 cm³/mol. The Kier molecular flexibility index (Phi) is 8.74. The summed E-state index contributed by atoms with van der Waals surface area (Å²) >= 11 is 2.47. The zero-order valence-corrected chi connectivity index (χ0v) is 12.1. The molecule has 0 aliphatic rings. The van der Waals surface area contributed by atoms with Gasteiger partial charge < -0.3 is 11.3 Å². The fourth-order valence-electron chi connectivity index (χ4n) is 0.952. The molecule has 0 unspecified atom stereocenters. The van der Waals surface area contributed by atoms with Crippen LogP contribution in [0.2, 0.25) is 0 Å². The van der Waals surface area contributed by atoms with Crippen LogP contribution in [0.4, 0.5) is 0 Å². The van der Waals surface area contributed by atoms with Gasteiger partial charge in [0.05, 0.1) is 0 Å². The SMILES string of the molecule is C=CCc1[c-]scc1CC=C.[Cl][Zn+]. The van der Waals surface area contributed by atoms with Crippen molar-refractivity contribution in [3.8, 4) is 0 Å². The van der Waals surface area contributed by atoms with Gasteiger partial charge in [-0.2, -0.15) is 16.5 Å². The Balaban J connectivity index is 0.000000671. The normalized spacial score (nSPS) is 8.54. The van der Waals surface area contributed by atoms with Crippen LogP contribution in [0.25, 0.3) is 0 Å². The Morgan fingerprint density at radius 3 is 2.54 bits per heavy atom. The van der Waals surface area contributed by atoms with E-state index in [9.17, 15) is 0 Å². The van der Waals surface area contributed by atoms with E-state index in [1.165, 1.54) is 11.1 Å². The van der Waals surface area contributed by atoms with E-state index >= 15 is 0 Å². The molecule has 0 saturated carbocycles. The predicted octanol–water partition coefficient (Wildman–Crippen LogP) is 3.69. The van der Waals surface area contributed by atoms with Gasteiger partial charge in [0.15, 0.2) is 0 Å². The number of hydrogen-bond donors (Lipinski definition) is 0. The van der Waals surface area contributed by atoms with Crippen LogP contribution in [0.3, 0.4) is 0 Å². The van der Waals surface area contributed by atoms with Gasteiger partial charge >= 0.3 is 27.0 Å². The summed E-state index contributed by atoms with van der Waals surface area (Å²) in [6, 6.07) is 0. The van der Waals surface area contributed by atoms with Gasteiger partial charge in [0.2, 0.25) is 0 Å². The molecule has 0 radical (unpaired) electrons. The molecule has 0 aromatic carbocycles. The molecule has 1 heterocycles.